The number of rotatable bonds is 6. The Balaban J connectivity index is 1.82. The van der Waals surface area contributed by atoms with Crippen molar-refractivity contribution in [3.63, 3.8) is 0 Å². The van der Waals surface area contributed by atoms with Crippen LogP contribution in [0.1, 0.15) is 11.1 Å². The number of aromatic nitrogens is 2. The van der Waals surface area contributed by atoms with Crippen LogP contribution in [0.15, 0.2) is 80.9 Å². The summed E-state index contributed by atoms with van der Waals surface area (Å²) in [6, 6.07) is 18.7. The summed E-state index contributed by atoms with van der Waals surface area (Å²) >= 11 is 3.13. The van der Waals surface area contributed by atoms with Gasteiger partial charge in [-0.2, -0.15) is 0 Å². The molecule has 6 nitrogen and oxygen atoms in total. The van der Waals surface area contributed by atoms with Crippen LogP contribution in [0.25, 0.3) is 0 Å². The summed E-state index contributed by atoms with van der Waals surface area (Å²) < 4.78 is 1.82. The monoisotopic (exact) mass is 402 g/mol. The third kappa shape index (κ3) is 4.19. The van der Waals surface area contributed by atoms with E-state index in [2.05, 4.69) is 15.9 Å². The first-order valence-corrected chi connectivity index (χ1v) is 8.33. The van der Waals surface area contributed by atoms with Crippen LogP contribution in [0.2, 0.25) is 0 Å². The van der Waals surface area contributed by atoms with Crippen LogP contribution in [0, 0.1) is 0 Å². The molecule has 0 radical (unpaired) electrons. The molecule has 0 fully saturated rings. The molecule has 0 aliphatic carbocycles. The standard InChI is InChI=1S/C18H15BrN2O4/c19-16-11-20(24-12-14-7-3-1-4-8-14)18(23)21(17(16)22)25-13-15-9-5-2-6-10-15/h1-11H,12-13H2. The summed E-state index contributed by atoms with van der Waals surface area (Å²) in [6.45, 7) is 0.273. The maximum absolute atomic E-state index is 12.4. The third-order valence-corrected chi connectivity index (χ3v) is 3.94. The van der Waals surface area contributed by atoms with E-state index < -0.39 is 11.2 Å². The molecule has 2 aromatic carbocycles. The van der Waals surface area contributed by atoms with E-state index in [0.717, 1.165) is 15.9 Å². The van der Waals surface area contributed by atoms with Crippen molar-refractivity contribution in [3.8, 4) is 0 Å². The first-order chi connectivity index (χ1) is 12.1. The fraction of sp³-hybridized carbons (Fsp3) is 0.111. The lowest BCUT2D eigenvalue weighted by Crippen LogP contribution is -2.45. The minimum absolute atomic E-state index is 0.0884. The van der Waals surface area contributed by atoms with Gasteiger partial charge in [-0.05, 0) is 27.1 Å². The second-order valence-corrected chi connectivity index (χ2v) is 6.06. The lowest BCUT2D eigenvalue weighted by Gasteiger charge is -2.12. The maximum atomic E-state index is 12.4. The molecule has 0 N–H and O–H groups in total. The summed E-state index contributed by atoms with van der Waals surface area (Å²) in [5.74, 6) is 0. The van der Waals surface area contributed by atoms with Crippen molar-refractivity contribution in [2.45, 2.75) is 13.2 Å². The molecule has 7 heteroatoms. The second kappa shape index (κ2) is 7.85. The molecule has 0 saturated heterocycles. The van der Waals surface area contributed by atoms with E-state index in [1.165, 1.54) is 6.20 Å². The summed E-state index contributed by atoms with van der Waals surface area (Å²) in [6.07, 6.45) is 1.29. The van der Waals surface area contributed by atoms with Crippen molar-refractivity contribution in [2.24, 2.45) is 0 Å². The highest BCUT2D eigenvalue weighted by Crippen LogP contribution is 2.02. The Morgan fingerprint density at radius 1 is 0.800 bits per heavy atom. The van der Waals surface area contributed by atoms with Gasteiger partial charge in [-0.15, -0.1) is 4.73 Å². The molecule has 3 rings (SSSR count). The number of nitrogens with zero attached hydrogens (tertiary/aromatic N) is 2. The summed E-state index contributed by atoms with van der Waals surface area (Å²) in [7, 11) is 0. The van der Waals surface area contributed by atoms with Crippen molar-refractivity contribution < 1.29 is 9.68 Å². The molecule has 0 amide bonds. The predicted octanol–water partition coefficient (Wildman–Crippen LogP) is 2.03. The van der Waals surface area contributed by atoms with Crippen LogP contribution in [-0.4, -0.2) is 9.46 Å². The van der Waals surface area contributed by atoms with E-state index in [9.17, 15) is 9.59 Å². The molecular formula is C18H15BrN2O4. The number of benzene rings is 2. The zero-order valence-corrected chi connectivity index (χ0v) is 14.8. The molecular weight excluding hydrogens is 388 g/mol. The first-order valence-electron chi connectivity index (χ1n) is 7.54. The molecule has 3 aromatic rings. The normalized spacial score (nSPS) is 10.4. The van der Waals surface area contributed by atoms with Gasteiger partial charge in [0.05, 0.1) is 6.20 Å². The molecule has 0 aliphatic rings. The fourth-order valence-electron chi connectivity index (χ4n) is 2.12. The highest BCUT2D eigenvalue weighted by atomic mass is 79.9. The number of halogens is 1. The molecule has 0 spiro atoms. The zero-order valence-electron chi connectivity index (χ0n) is 13.2. The molecule has 25 heavy (non-hydrogen) atoms. The lowest BCUT2D eigenvalue weighted by atomic mass is 10.2. The summed E-state index contributed by atoms with van der Waals surface area (Å²) in [5, 5.41) is 0. The zero-order chi connectivity index (χ0) is 17.6. The molecule has 1 heterocycles. The topological polar surface area (TPSA) is 62.5 Å². The largest absolute Gasteiger partial charge is 0.405 e. The number of hydrogen-bond acceptors (Lipinski definition) is 4. The Labute approximate surface area is 151 Å². The predicted molar refractivity (Wildman–Crippen MR) is 96.1 cm³/mol. The number of hydrogen-bond donors (Lipinski definition) is 0. The Bertz CT molecular complexity index is 952. The molecule has 1 aromatic heterocycles. The van der Waals surface area contributed by atoms with Crippen molar-refractivity contribution >= 4 is 15.9 Å². The van der Waals surface area contributed by atoms with Gasteiger partial charge in [0.2, 0.25) is 0 Å². The average molecular weight is 403 g/mol. The highest BCUT2D eigenvalue weighted by Gasteiger charge is 2.12. The fourth-order valence-corrected chi connectivity index (χ4v) is 2.47. The van der Waals surface area contributed by atoms with Gasteiger partial charge in [-0.1, -0.05) is 65.4 Å². The van der Waals surface area contributed by atoms with E-state index >= 15 is 0 Å². The van der Waals surface area contributed by atoms with Gasteiger partial charge in [-0.3, -0.25) is 4.79 Å². The maximum Gasteiger partial charge on any atom is 0.397 e. The second-order valence-electron chi connectivity index (χ2n) is 5.20. The summed E-state index contributed by atoms with van der Waals surface area (Å²) in [5.41, 5.74) is 0.444. The Hall–Kier alpha value is -2.80. The van der Waals surface area contributed by atoms with Crippen molar-refractivity contribution in [3.05, 3.63) is 103 Å². The van der Waals surface area contributed by atoms with Gasteiger partial charge >= 0.3 is 11.2 Å². The minimum atomic E-state index is -0.708. The van der Waals surface area contributed by atoms with Crippen LogP contribution < -0.4 is 20.9 Å². The molecule has 0 atom stereocenters. The van der Waals surface area contributed by atoms with Gasteiger partial charge < -0.3 is 9.68 Å². The molecule has 0 aliphatic heterocycles. The third-order valence-electron chi connectivity index (χ3n) is 3.40. The van der Waals surface area contributed by atoms with Crippen LogP contribution in [-0.2, 0) is 13.2 Å². The van der Waals surface area contributed by atoms with Crippen molar-refractivity contribution in [1.82, 2.24) is 9.46 Å². The Morgan fingerprint density at radius 3 is 1.88 bits per heavy atom. The average Bonchev–Trinajstić information content (AvgIpc) is 2.65. The van der Waals surface area contributed by atoms with E-state index in [0.29, 0.717) is 4.73 Å². The Kier molecular flexibility index (Phi) is 5.35. The van der Waals surface area contributed by atoms with Crippen molar-refractivity contribution in [2.75, 3.05) is 0 Å². The smallest absolute Gasteiger partial charge is 0.397 e. The Morgan fingerprint density at radius 2 is 1.32 bits per heavy atom. The van der Waals surface area contributed by atoms with Gasteiger partial charge in [0, 0.05) is 0 Å². The van der Waals surface area contributed by atoms with Crippen LogP contribution in [0.5, 0.6) is 0 Å². The van der Waals surface area contributed by atoms with Crippen LogP contribution >= 0.6 is 15.9 Å². The quantitative estimate of drug-likeness (QED) is 0.632. The van der Waals surface area contributed by atoms with E-state index in [1.54, 1.807) is 0 Å². The molecule has 0 unspecified atom stereocenters. The SMILES string of the molecule is O=c1c(Br)cn(OCc2ccccc2)c(=O)n1OCc1ccccc1. The first kappa shape index (κ1) is 17.0. The van der Waals surface area contributed by atoms with E-state index in [-0.39, 0.29) is 17.7 Å². The van der Waals surface area contributed by atoms with Crippen LogP contribution in [0.4, 0.5) is 0 Å². The van der Waals surface area contributed by atoms with Gasteiger partial charge in [-0.25, -0.2) is 4.79 Å². The highest BCUT2D eigenvalue weighted by molar-refractivity contribution is 9.10. The molecule has 0 saturated carbocycles. The van der Waals surface area contributed by atoms with E-state index in [4.69, 9.17) is 9.68 Å². The van der Waals surface area contributed by atoms with Crippen molar-refractivity contribution in [1.29, 1.82) is 0 Å². The molecule has 128 valence electrons. The summed E-state index contributed by atoms with van der Waals surface area (Å²) in [4.78, 5) is 35.5. The molecule has 0 bridgehead atoms. The lowest BCUT2D eigenvalue weighted by molar-refractivity contribution is 0.0321. The minimum Gasteiger partial charge on any atom is -0.405 e. The van der Waals surface area contributed by atoms with Gasteiger partial charge in [0.25, 0.3) is 0 Å². The van der Waals surface area contributed by atoms with Crippen LogP contribution in [0.3, 0.4) is 0 Å². The van der Waals surface area contributed by atoms with Gasteiger partial charge in [0.15, 0.2) is 0 Å². The van der Waals surface area contributed by atoms with E-state index in [1.807, 2.05) is 60.7 Å². The van der Waals surface area contributed by atoms with Gasteiger partial charge in [0.1, 0.15) is 17.7 Å².